The van der Waals surface area contributed by atoms with Gasteiger partial charge in [0.2, 0.25) is 0 Å². The smallest absolute Gasteiger partial charge is 0.407 e. The Hall–Kier alpha value is -2.31. The summed E-state index contributed by atoms with van der Waals surface area (Å²) in [5.41, 5.74) is 0.350. The van der Waals surface area contributed by atoms with Crippen molar-refractivity contribution in [3.63, 3.8) is 0 Å². The molecule has 0 atom stereocenters. The van der Waals surface area contributed by atoms with Gasteiger partial charge in [-0.3, -0.25) is 4.79 Å². The van der Waals surface area contributed by atoms with Crippen LogP contribution in [0.2, 0.25) is 0 Å². The van der Waals surface area contributed by atoms with Gasteiger partial charge in [-0.25, -0.2) is 9.18 Å². The number of alkyl carbamates (subject to hydrolysis) is 1. The van der Waals surface area contributed by atoms with Crippen molar-refractivity contribution in [2.75, 3.05) is 13.7 Å². The number of rotatable bonds is 5. The van der Waals surface area contributed by atoms with Gasteiger partial charge in [-0.2, -0.15) is 0 Å². The van der Waals surface area contributed by atoms with Crippen molar-refractivity contribution < 1.29 is 28.6 Å². The Morgan fingerprint density at radius 2 is 2.17 bits per heavy atom. The Bertz CT molecular complexity index is 449. The molecule has 1 aromatic rings. The zero-order valence-corrected chi connectivity index (χ0v) is 9.60. The number of methoxy groups -OCH3 is 1. The largest absolute Gasteiger partial charge is 0.496 e. The lowest BCUT2D eigenvalue weighted by atomic mass is 10.2. The van der Waals surface area contributed by atoms with Gasteiger partial charge >= 0.3 is 12.1 Å². The van der Waals surface area contributed by atoms with Crippen molar-refractivity contribution in [1.82, 2.24) is 5.32 Å². The van der Waals surface area contributed by atoms with Crippen LogP contribution < -0.4 is 10.1 Å². The molecule has 0 unspecified atom stereocenters. The van der Waals surface area contributed by atoms with Crippen LogP contribution >= 0.6 is 0 Å². The van der Waals surface area contributed by atoms with Gasteiger partial charge in [0, 0.05) is 5.56 Å². The predicted octanol–water partition coefficient (Wildman–Crippen LogP) is 1.15. The summed E-state index contributed by atoms with van der Waals surface area (Å²) in [4.78, 5) is 21.3. The van der Waals surface area contributed by atoms with Crippen LogP contribution in [-0.2, 0) is 16.1 Å². The predicted molar refractivity (Wildman–Crippen MR) is 58.8 cm³/mol. The first kappa shape index (κ1) is 13.8. The number of carbonyl (C=O) groups is 2. The molecule has 0 aliphatic rings. The summed E-state index contributed by atoms with van der Waals surface area (Å²) in [6.45, 7) is -0.758. The highest BCUT2D eigenvalue weighted by molar-refractivity contribution is 5.76. The van der Waals surface area contributed by atoms with E-state index < -0.39 is 24.4 Å². The summed E-state index contributed by atoms with van der Waals surface area (Å²) in [5.74, 6) is -1.29. The molecule has 0 aromatic heterocycles. The maximum absolute atomic E-state index is 13.0. The highest BCUT2D eigenvalue weighted by Gasteiger charge is 2.09. The highest BCUT2D eigenvalue weighted by atomic mass is 19.1. The first-order valence-electron chi connectivity index (χ1n) is 4.97. The summed E-state index contributed by atoms with van der Waals surface area (Å²) in [6.07, 6.45) is -0.899. The fraction of sp³-hybridized carbons (Fsp3) is 0.273. The third-order valence-electron chi connectivity index (χ3n) is 1.99. The fourth-order valence-electron chi connectivity index (χ4n) is 1.20. The topological polar surface area (TPSA) is 84.9 Å². The molecule has 0 radical (unpaired) electrons. The SMILES string of the molecule is COc1ccc(F)cc1COC(=O)NCC(=O)O. The van der Waals surface area contributed by atoms with E-state index in [9.17, 15) is 14.0 Å². The monoisotopic (exact) mass is 257 g/mol. The van der Waals surface area contributed by atoms with Crippen molar-refractivity contribution in [3.05, 3.63) is 29.6 Å². The fourth-order valence-corrected chi connectivity index (χ4v) is 1.20. The number of benzene rings is 1. The van der Waals surface area contributed by atoms with E-state index in [0.717, 1.165) is 0 Å². The van der Waals surface area contributed by atoms with Gasteiger partial charge in [0.15, 0.2) is 0 Å². The Kier molecular flexibility index (Phi) is 4.91. The zero-order chi connectivity index (χ0) is 13.5. The number of carbonyl (C=O) groups excluding carboxylic acids is 1. The Balaban J connectivity index is 2.54. The minimum Gasteiger partial charge on any atom is -0.496 e. The summed E-state index contributed by atoms with van der Waals surface area (Å²) >= 11 is 0. The molecule has 2 N–H and O–H groups in total. The molecule has 0 saturated heterocycles. The van der Waals surface area contributed by atoms with Gasteiger partial charge in [-0.1, -0.05) is 0 Å². The molecule has 1 rings (SSSR count). The average Bonchev–Trinajstić information content (AvgIpc) is 2.34. The van der Waals surface area contributed by atoms with Crippen LogP contribution in [0.3, 0.4) is 0 Å². The molecule has 0 spiro atoms. The van der Waals surface area contributed by atoms with Gasteiger partial charge in [0.05, 0.1) is 7.11 Å². The summed E-state index contributed by atoms with van der Waals surface area (Å²) in [5, 5.41) is 10.3. The molecule has 0 bridgehead atoms. The van der Waals surface area contributed by atoms with Crippen molar-refractivity contribution in [2.24, 2.45) is 0 Å². The van der Waals surface area contributed by atoms with Gasteiger partial charge < -0.3 is 19.9 Å². The van der Waals surface area contributed by atoms with Crippen LogP contribution in [0, 0.1) is 5.82 Å². The van der Waals surface area contributed by atoms with Crippen molar-refractivity contribution in [2.45, 2.75) is 6.61 Å². The van der Waals surface area contributed by atoms with E-state index in [2.05, 4.69) is 0 Å². The molecular weight excluding hydrogens is 245 g/mol. The number of aliphatic carboxylic acids is 1. The molecule has 0 aliphatic carbocycles. The van der Waals surface area contributed by atoms with E-state index in [4.69, 9.17) is 14.6 Å². The van der Waals surface area contributed by atoms with Crippen LogP contribution in [0.4, 0.5) is 9.18 Å². The molecule has 1 amide bonds. The molecule has 98 valence electrons. The Morgan fingerprint density at radius 1 is 1.44 bits per heavy atom. The Labute approximate surface area is 102 Å². The van der Waals surface area contributed by atoms with Crippen molar-refractivity contribution in [1.29, 1.82) is 0 Å². The molecule has 0 heterocycles. The van der Waals surface area contributed by atoms with E-state index in [-0.39, 0.29) is 6.61 Å². The lowest BCUT2D eigenvalue weighted by Crippen LogP contribution is -2.29. The van der Waals surface area contributed by atoms with Crippen molar-refractivity contribution >= 4 is 12.1 Å². The first-order valence-corrected chi connectivity index (χ1v) is 4.97. The molecule has 0 saturated carbocycles. The average molecular weight is 257 g/mol. The number of hydrogen-bond acceptors (Lipinski definition) is 4. The standard InChI is InChI=1S/C11H12FNO5/c1-17-9-3-2-8(12)4-7(9)6-18-11(16)13-5-10(14)15/h2-4H,5-6H2,1H3,(H,13,16)(H,14,15). The lowest BCUT2D eigenvalue weighted by molar-refractivity contribution is -0.135. The number of amides is 1. The van der Waals surface area contributed by atoms with Gasteiger partial charge in [-0.15, -0.1) is 0 Å². The number of ether oxygens (including phenoxy) is 2. The number of carboxylic acids is 1. The quantitative estimate of drug-likeness (QED) is 0.826. The molecular formula is C11H12FNO5. The normalized spacial score (nSPS) is 9.67. The van der Waals surface area contributed by atoms with E-state index in [0.29, 0.717) is 11.3 Å². The van der Waals surface area contributed by atoms with E-state index >= 15 is 0 Å². The highest BCUT2D eigenvalue weighted by Crippen LogP contribution is 2.19. The number of carboxylic acid groups (broad SMARTS) is 1. The number of hydrogen-bond donors (Lipinski definition) is 2. The maximum Gasteiger partial charge on any atom is 0.407 e. The minimum absolute atomic E-state index is 0.216. The molecule has 18 heavy (non-hydrogen) atoms. The summed E-state index contributed by atoms with van der Waals surface area (Å²) in [7, 11) is 1.40. The second-order valence-corrected chi connectivity index (χ2v) is 3.28. The van der Waals surface area contributed by atoms with Crippen molar-refractivity contribution in [3.8, 4) is 5.75 Å². The first-order chi connectivity index (χ1) is 8.52. The second kappa shape index (κ2) is 6.43. The van der Waals surface area contributed by atoms with Gasteiger partial charge in [-0.05, 0) is 18.2 Å². The second-order valence-electron chi connectivity index (χ2n) is 3.28. The van der Waals surface area contributed by atoms with Crippen LogP contribution in [0.25, 0.3) is 0 Å². The lowest BCUT2D eigenvalue weighted by Gasteiger charge is -2.09. The summed E-state index contributed by atoms with van der Waals surface area (Å²) < 4.78 is 22.6. The zero-order valence-electron chi connectivity index (χ0n) is 9.60. The van der Waals surface area contributed by atoms with E-state index in [1.165, 1.54) is 25.3 Å². The van der Waals surface area contributed by atoms with Crippen LogP contribution in [-0.4, -0.2) is 30.8 Å². The van der Waals surface area contributed by atoms with E-state index in [1.54, 1.807) is 0 Å². The van der Waals surface area contributed by atoms with Crippen LogP contribution in [0.15, 0.2) is 18.2 Å². The third kappa shape index (κ3) is 4.28. The maximum atomic E-state index is 13.0. The third-order valence-corrected chi connectivity index (χ3v) is 1.99. The van der Waals surface area contributed by atoms with E-state index in [1.807, 2.05) is 5.32 Å². The number of nitrogens with one attached hydrogen (secondary N) is 1. The minimum atomic E-state index is -1.18. The Morgan fingerprint density at radius 3 is 2.78 bits per heavy atom. The molecule has 1 aromatic carbocycles. The molecule has 0 fully saturated rings. The van der Waals surface area contributed by atoms with Gasteiger partial charge in [0.1, 0.15) is 24.7 Å². The van der Waals surface area contributed by atoms with Crippen LogP contribution in [0.5, 0.6) is 5.75 Å². The molecule has 7 heteroatoms. The van der Waals surface area contributed by atoms with Gasteiger partial charge in [0.25, 0.3) is 0 Å². The number of halogens is 1. The molecule has 6 nitrogen and oxygen atoms in total. The molecule has 0 aliphatic heterocycles. The van der Waals surface area contributed by atoms with Crippen LogP contribution in [0.1, 0.15) is 5.56 Å². The summed E-state index contributed by atoms with van der Waals surface area (Å²) in [6, 6.07) is 3.79.